The Kier molecular flexibility index (Phi) is 7.81. The van der Waals surface area contributed by atoms with E-state index in [1.54, 1.807) is 0 Å². The molecule has 2 aromatic rings. The minimum absolute atomic E-state index is 0.239. The molecule has 31 heavy (non-hydrogen) atoms. The van der Waals surface area contributed by atoms with Gasteiger partial charge in [0.15, 0.2) is 0 Å². The first kappa shape index (κ1) is 22.5. The number of Topliss-reactive ketones (excluding diaryl/α,β-unsaturated/α-hetero) is 1. The molecule has 1 aromatic carbocycles. The molecule has 0 aliphatic carbocycles. The Morgan fingerprint density at radius 2 is 1.90 bits per heavy atom. The van der Waals surface area contributed by atoms with E-state index in [4.69, 9.17) is 21.0 Å². The number of benzene rings is 1. The first-order chi connectivity index (χ1) is 15.1. The minimum Gasteiger partial charge on any atom is -0.441 e. The molecule has 0 saturated carbocycles. The first-order valence-corrected chi connectivity index (χ1v) is 12.2. The van der Waals surface area contributed by atoms with Gasteiger partial charge in [-0.3, -0.25) is 9.69 Å². The fraction of sp³-hybridized carbons (Fsp3) is 0.600. The van der Waals surface area contributed by atoms with Crippen molar-refractivity contribution in [1.82, 2.24) is 14.8 Å². The number of aromatic nitrogens is 1. The van der Waals surface area contributed by atoms with Crippen LogP contribution in [0.2, 0.25) is 5.02 Å². The van der Waals surface area contributed by atoms with Gasteiger partial charge >= 0.3 is 0 Å². The van der Waals surface area contributed by atoms with Gasteiger partial charge in [0.1, 0.15) is 11.5 Å². The van der Waals surface area contributed by atoms with Crippen LogP contribution in [0.25, 0.3) is 11.5 Å². The zero-order valence-electron chi connectivity index (χ0n) is 18.6. The van der Waals surface area contributed by atoms with Gasteiger partial charge in [-0.15, -0.1) is 0 Å². The van der Waals surface area contributed by atoms with Gasteiger partial charge in [0, 0.05) is 29.5 Å². The third-order valence-corrected chi connectivity index (χ3v) is 6.96. The minimum atomic E-state index is 0.239. The fourth-order valence-corrected chi connectivity index (χ4v) is 4.98. The quantitative estimate of drug-likeness (QED) is 0.489. The second-order valence-corrected chi connectivity index (χ2v) is 9.49. The number of hydrogen-bond donors (Lipinski definition) is 0. The number of aryl methyl sites for hydroxylation is 1. The second kappa shape index (κ2) is 10.8. The third-order valence-electron chi connectivity index (χ3n) is 6.73. The number of rotatable bonds is 9. The molecular weight excluding hydrogens is 410 g/mol. The van der Waals surface area contributed by atoms with Crippen LogP contribution in [-0.4, -0.2) is 53.3 Å². The van der Waals surface area contributed by atoms with Crippen molar-refractivity contribution < 1.29 is 9.21 Å². The van der Waals surface area contributed by atoms with E-state index in [1.807, 2.05) is 31.2 Å². The van der Waals surface area contributed by atoms with E-state index >= 15 is 0 Å². The highest BCUT2D eigenvalue weighted by atomic mass is 35.5. The van der Waals surface area contributed by atoms with E-state index in [9.17, 15) is 4.79 Å². The molecule has 0 N–H and O–H groups in total. The molecule has 0 bridgehead atoms. The molecule has 2 saturated heterocycles. The van der Waals surface area contributed by atoms with E-state index in [2.05, 4.69) is 9.80 Å². The molecule has 168 valence electrons. The number of carbonyl (C=O) groups excluding carboxylic acids is 1. The summed E-state index contributed by atoms with van der Waals surface area (Å²) in [6.45, 7) is 8.29. The molecule has 2 aliphatic heterocycles. The molecule has 6 heteroatoms. The van der Waals surface area contributed by atoms with Gasteiger partial charge in [-0.25, -0.2) is 4.98 Å². The highest BCUT2D eigenvalue weighted by molar-refractivity contribution is 6.30. The standard InChI is InChI=1S/C25H34ClN3O2/c1-19-23(27-25(31-19)21-7-6-8-22(26)17-21)18-29-15-10-20(11-16-29)24(30)9-2-3-12-28-13-4-5-14-28/h6-8,17,20H,2-5,9-16,18H2,1H3. The Morgan fingerprint density at radius 3 is 2.65 bits per heavy atom. The number of likely N-dealkylation sites (tertiary alicyclic amines) is 2. The largest absolute Gasteiger partial charge is 0.441 e. The van der Waals surface area contributed by atoms with Gasteiger partial charge in [0.2, 0.25) is 5.89 Å². The number of hydrogen-bond acceptors (Lipinski definition) is 5. The van der Waals surface area contributed by atoms with E-state index in [0.717, 1.165) is 68.8 Å². The summed E-state index contributed by atoms with van der Waals surface area (Å²) in [7, 11) is 0. The van der Waals surface area contributed by atoms with Gasteiger partial charge in [-0.2, -0.15) is 0 Å². The van der Waals surface area contributed by atoms with Crippen molar-refractivity contribution in [2.45, 2.75) is 58.4 Å². The molecule has 2 aliphatic rings. The summed E-state index contributed by atoms with van der Waals surface area (Å²) in [4.78, 5) is 22.3. The summed E-state index contributed by atoms with van der Waals surface area (Å²) in [5.74, 6) is 2.19. The van der Waals surface area contributed by atoms with Crippen molar-refractivity contribution in [2.75, 3.05) is 32.7 Å². The van der Waals surface area contributed by atoms with Crippen molar-refractivity contribution in [3.63, 3.8) is 0 Å². The van der Waals surface area contributed by atoms with Crippen molar-refractivity contribution in [3.05, 3.63) is 40.7 Å². The summed E-state index contributed by atoms with van der Waals surface area (Å²) in [5, 5.41) is 0.678. The van der Waals surface area contributed by atoms with E-state index in [0.29, 0.717) is 16.7 Å². The number of halogens is 1. The van der Waals surface area contributed by atoms with Gasteiger partial charge in [0.05, 0.1) is 5.69 Å². The molecule has 3 heterocycles. The van der Waals surface area contributed by atoms with E-state index in [1.165, 1.54) is 32.5 Å². The Bertz CT molecular complexity index is 867. The summed E-state index contributed by atoms with van der Waals surface area (Å²) in [6, 6.07) is 7.59. The summed E-state index contributed by atoms with van der Waals surface area (Å²) in [6.07, 6.45) is 7.56. The third kappa shape index (κ3) is 6.18. The fourth-order valence-electron chi connectivity index (χ4n) is 4.79. The van der Waals surface area contributed by atoms with Gasteiger partial charge in [-0.05, 0) is 96.4 Å². The SMILES string of the molecule is Cc1oc(-c2cccc(Cl)c2)nc1CN1CCC(C(=O)CCCCN2CCCC2)CC1. The first-order valence-electron chi connectivity index (χ1n) is 11.8. The van der Waals surface area contributed by atoms with Crippen molar-refractivity contribution in [2.24, 2.45) is 5.92 Å². The highest BCUT2D eigenvalue weighted by Crippen LogP contribution is 2.27. The molecule has 0 spiro atoms. The average molecular weight is 444 g/mol. The summed E-state index contributed by atoms with van der Waals surface area (Å²) >= 11 is 6.10. The van der Waals surface area contributed by atoms with Crippen LogP contribution in [0.3, 0.4) is 0 Å². The van der Waals surface area contributed by atoms with Gasteiger partial charge < -0.3 is 9.32 Å². The number of ketones is 1. The summed E-state index contributed by atoms with van der Waals surface area (Å²) < 4.78 is 5.89. The molecule has 5 nitrogen and oxygen atoms in total. The van der Waals surface area contributed by atoms with Crippen LogP contribution in [0.4, 0.5) is 0 Å². The maximum absolute atomic E-state index is 12.6. The molecule has 0 amide bonds. The Labute approximate surface area is 190 Å². The molecular formula is C25H34ClN3O2. The maximum atomic E-state index is 12.6. The lowest BCUT2D eigenvalue weighted by molar-refractivity contribution is -0.124. The predicted molar refractivity (Wildman–Crippen MR) is 124 cm³/mol. The molecule has 1 aromatic heterocycles. The number of nitrogens with zero attached hydrogens (tertiary/aromatic N) is 3. The molecule has 4 rings (SSSR count). The second-order valence-electron chi connectivity index (χ2n) is 9.05. The lowest BCUT2D eigenvalue weighted by Gasteiger charge is -2.30. The topological polar surface area (TPSA) is 49.6 Å². The van der Waals surface area contributed by atoms with Crippen LogP contribution < -0.4 is 0 Å². The highest BCUT2D eigenvalue weighted by Gasteiger charge is 2.25. The van der Waals surface area contributed by atoms with Crippen molar-refractivity contribution in [1.29, 1.82) is 0 Å². The molecule has 0 unspecified atom stereocenters. The van der Waals surface area contributed by atoms with Crippen LogP contribution in [0, 0.1) is 12.8 Å². The van der Waals surface area contributed by atoms with Crippen LogP contribution in [0.1, 0.15) is 56.4 Å². The van der Waals surface area contributed by atoms with Crippen LogP contribution >= 0.6 is 11.6 Å². The van der Waals surface area contributed by atoms with Crippen molar-refractivity contribution >= 4 is 17.4 Å². The Hall–Kier alpha value is -1.69. The Morgan fingerprint density at radius 1 is 1.13 bits per heavy atom. The Balaban J connectivity index is 1.20. The lowest BCUT2D eigenvalue weighted by atomic mass is 9.90. The predicted octanol–water partition coefficient (Wildman–Crippen LogP) is 5.35. The normalized spacial score (nSPS) is 18.6. The smallest absolute Gasteiger partial charge is 0.226 e. The van der Waals surface area contributed by atoms with Crippen molar-refractivity contribution in [3.8, 4) is 11.5 Å². The van der Waals surface area contributed by atoms with E-state index < -0.39 is 0 Å². The van der Waals surface area contributed by atoms with Crippen LogP contribution in [0.15, 0.2) is 28.7 Å². The van der Waals surface area contributed by atoms with Crippen LogP contribution in [-0.2, 0) is 11.3 Å². The number of oxazole rings is 1. The zero-order chi connectivity index (χ0) is 21.6. The number of unbranched alkanes of at least 4 members (excludes halogenated alkanes) is 1. The van der Waals surface area contributed by atoms with Crippen LogP contribution in [0.5, 0.6) is 0 Å². The van der Waals surface area contributed by atoms with Gasteiger partial charge in [0.25, 0.3) is 0 Å². The zero-order valence-corrected chi connectivity index (χ0v) is 19.4. The van der Waals surface area contributed by atoms with E-state index in [-0.39, 0.29) is 5.92 Å². The lowest BCUT2D eigenvalue weighted by Crippen LogP contribution is -2.36. The van der Waals surface area contributed by atoms with Gasteiger partial charge in [-0.1, -0.05) is 17.7 Å². The maximum Gasteiger partial charge on any atom is 0.226 e. The monoisotopic (exact) mass is 443 g/mol. The molecule has 2 fully saturated rings. The average Bonchev–Trinajstić information content (AvgIpc) is 3.42. The molecule has 0 radical (unpaired) electrons. The summed E-state index contributed by atoms with van der Waals surface area (Å²) in [5.41, 5.74) is 1.87. The number of carbonyl (C=O) groups is 1. The molecule has 0 atom stereocenters. The number of piperidine rings is 1.